The molecule has 0 aromatic heterocycles. The maximum atomic E-state index is 9.70. The third-order valence-corrected chi connectivity index (χ3v) is 4.81. The van der Waals surface area contributed by atoms with Gasteiger partial charge in [-0.2, -0.15) is 0 Å². The second-order valence-electron chi connectivity index (χ2n) is 7.44. The highest BCUT2D eigenvalue weighted by Gasteiger charge is 2.31. The minimum atomic E-state index is 0.178. The zero-order valence-corrected chi connectivity index (χ0v) is 13.4. The fraction of sp³-hybridized carbons (Fsp3) is 1.00. The number of aliphatic hydroxyl groups is 1. The number of unbranched alkanes of at least 4 members (excludes halogenated alkanes) is 2. The van der Waals surface area contributed by atoms with E-state index in [1.165, 1.54) is 57.8 Å². The molecule has 0 amide bonds. The van der Waals surface area contributed by atoms with Gasteiger partial charge in [-0.3, -0.25) is 0 Å². The predicted molar refractivity (Wildman–Crippen MR) is 83.4 cm³/mol. The largest absolute Gasteiger partial charge is 0.396 e. The van der Waals surface area contributed by atoms with Gasteiger partial charge in [0, 0.05) is 25.1 Å². The molecule has 19 heavy (non-hydrogen) atoms. The third-order valence-electron chi connectivity index (χ3n) is 4.81. The van der Waals surface area contributed by atoms with Crippen LogP contribution in [0.5, 0.6) is 0 Å². The van der Waals surface area contributed by atoms with E-state index in [1.807, 2.05) is 0 Å². The molecule has 2 nitrogen and oxygen atoms in total. The van der Waals surface area contributed by atoms with Gasteiger partial charge in [0.1, 0.15) is 0 Å². The van der Waals surface area contributed by atoms with Crippen LogP contribution in [0.3, 0.4) is 0 Å². The summed E-state index contributed by atoms with van der Waals surface area (Å²) in [6.45, 7) is 9.43. The van der Waals surface area contributed by atoms with Gasteiger partial charge in [-0.15, -0.1) is 0 Å². The normalized spacial score (nSPS) is 19.6. The van der Waals surface area contributed by atoms with Gasteiger partial charge in [0.2, 0.25) is 0 Å². The summed E-state index contributed by atoms with van der Waals surface area (Å²) in [5.74, 6) is 0. The summed E-state index contributed by atoms with van der Waals surface area (Å²) in [6.07, 6.45) is 11.6. The number of hydrogen-bond acceptors (Lipinski definition) is 2. The number of nitrogens with one attached hydrogen (secondary N) is 1. The topological polar surface area (TPSA) is 32.3 Å². The smallest absolute Gasteiger partial charge is 0.0499 e. The zero-order valence-electron chi connectivity index (χ0n) is 13.4. The van der Waals surface area contributed by atoms with E-state index in [9.17, 15) is 5.11 Å². The Hall–Kier alpha value is -0.0800. The summed E-state index contributed by atoms with van der Waals surface area (Å²) < 4.78 is 0. The first kappa shape index (κ1) is 17.0. The summed E-state index contributed by atoms with van der Waals surface area (Å²) >= 11 is 0. The van der Waals surface area contributed by atoms with Crippen molar-refractivity contribution >= 4 is 0 Å². The Balaban J connectivity index is 2.26. The molecule has 0 spiro atoms. The van der Waals surface area contributed by atoms with Gasteiger partial charge in [-0.1, -0.05) is 59.3 Å². The van der Waals surface area contributed by atoms with Crippen molar-refractivity contribution in [2.75, 3.05) is 19.7 Å². The van der Waals surface area contributed by atoms with Gasteiger partial charge in [0.25, 0.3) is 0 Å². The van der Waals surface area contributed by atoms with Crippen LogP contribution in [-0.4, -0.2) is 24.8 Å². The summed E-state index contributed by atoms with van der Waals surface area (Å²) in [5, 5.41) is 13.4. The first-order valence-electron chi connectivity index (χ1n) is 8.35. The second kappa shape index (κ2) is 8.26. The SMILES string of the molecule is CCCCCC(C)(C)CNCC1(CO)CCCCC1. The Morgan fingerprint density at radius 3 is 2.37 bits per heavy atom. The van der Waals surface area contributed by atoms with E-state index in [0.717, 1.165) is 13.1 Å². The highest BCUT2D eigenvalue weighted by atomic mass is 16.3. The molecule has 1 aliphatic rings. The van der Waals surface area contributed by atoms with Gasteiger partial charge in [-0.05, 0) is 24.7 Å². The van der Waals surface area contributed by atoms with Crippen LogP contribution in [0.25, 0.3) is 0 Å². The van der Waals surface area contributed by atoms with Crippen LogP contribution in [0.1, 0.15) is 78.6 Å². The molecule has 2 heteroatoms. The van der Waals surface area contributed by atoms with E-state index in [0.29, 0.717) is 12.0 Å². The van der Waals surface area contributed by atoms with E-state index >= 15 is 0 Å². The molecular formula is C17H35NO. The summed E-state index contributed by atoms with van der Waals surface area (Å²) in [5.41, 5.74) is 0.568. The van der Waals surface area contributed by atoms with Crippen molar-refractivity contribution in [3.05, 3.63) is 0 Å². The van der Waals surface area contributed by atoms with E-state index < -0.39 is 0 Å². The molecule has 0 bridgehead atoms. The number of rotatable bonds is 9. The van der Waals surface area contributed by atoms with E-state index in [1.54, 1.807) is 0 Å². The molecule has 0 aromatic carbocycles. The Labute approximate surface area is 120 Å². The lowest BCUT2D eigenvalue weighted by Gasteiger charge is -2.37. The summed E-state index contributed by atoms with van der Waals surface area (Å²) in [4.78, 5) is 0. The van der Waals surface area contributed by atoms with Gasteiger partial charge >= 0.3 is 0 Å². The summed E-state index contributed by atoms with van der Waals surface area (Å²) in [6, 6.07) is 0. The highest BCUT2D eigenvalue weighted by Crippen LogP contribution is 2.35. The molecule has 0 heterocycles. The van der Waals surface area contributed by atoms with Gasteiger partial charge < -0.3 is 10.4 Å². The number of aliphatic hydroxyl groups excluding tert-OH is 1. The average Bonchev–Trinajstić information content (AvgIpc) is 2.40. The van der Waals surface area contributed by atoms with Crippen LogP contribution in [0, 0.1) is 10.8 Å². The molecule has 1 fully saturated rings. The van der Waals surface area contributed by atoms with Crippen LogP contribution < -0.4 is 5.32 Å². The van der Waals surface area contributed by atoms with Gasteiger partial charge in [0.05, 0.1) is 0 Å². The lowest BCUT2D eigenvalue weighted by molar-refractivity contribution is 0.0781. The molecule has 0 aliphatic heterocycles. The van der Waals surface area contributed by atoms with Crippen molar-refractivity contribution in [2.24, 2.45) is 10.8 Å². The van der Waals surface area contributed by atoms with Crippen LogP contribution in [0.4, 0.5) is 0 Å². The van der Waals surface area contributed by atoms with E-state index in [-0.39, 0.29) is 5.41 Å². The lowest BCUT2D eigenvalue weighted by Crippen LogP contribution is -2.42. The second-order valence-corrected chi connectivity index (χ2v) is 7.44. The minimum absolute atomic E-state index is 0.178. The Kier molecular flexibility index (Phi) is 7.38. The van der Waals surface area contributed by atoms with Crippen molar-refractivity contribution in [3.63, 3.8) is 0 Å². The standard InChI is InChI=1S/C17H35NO/c1-4-5-7-10-16(2,3)13-18-14-17(15-19)11-8-6-9-12-17/h18-19H,4-15H2,1-3H3. The first-order valence-corrected chi connectivity index (χ1v) is 8.35. The Bertz CT molecular complexity index is 231. The molecule has 1 rings (SSSR count). The van der Waals surface area contributed by atoms with Crippen LogP contribution in [0.15, 0.2) is 0 Å². The maximum absolute atomic E-state index is 9.70. The van der Waals surface area contributed by atoms with Crippen LogP contribution in [0.2, 0.25) is 0 Å². The molecule has 114 valence electrons. The van der Waals surface area contributed by atoms with Gasteiger partial charge in [0.15, 0.2) is 0 Å². The molecule has 0 unspecified atom stereocenters. The molecule has 0 aromatic rings. The monoisotopic (exact) mass is 269 g/mol. The number of hydrogen-bond donors (Lipinski definition) is 2. The van der Waals surface area contributed by atoms with Gasteiger partial charge in [-0.25, -0.2) is 0 Å². The van der Waals surface area contributed by atoms with E-state index in [2.05, 4.69) is 26.1 Å². The molecule has 0 atom stereocenters. The lowest BCUT2D eigenvalue weighted by atomic mass is 9.74. The van der Waals surface area contributed by atoms with E-state index in [4.69, 9.17) is 0 Å². The molecule has 0 radical (unpaired) electrons. The van der Waals surface area contributed by atoms with Crippen LogP contribution >= 0.6 is 0 Å². The highest BCUT2D eigenvalue weighted by molar-refractivity contribution is 4.85. The van der Waals surface area contributed by atoms with Crippen molar-refractivity contribution in [2.45, 2.75) is 78.6 Å². The first-order chi connectivity index (χ1) is 9.04. The predicted octanol–water partition coefficient (Wildman–Crippen LogP) is 4.13. The maximum Gasteiger partial charge on any atom is 0.0499 e. The fourth-order valence-corrected chi connectivity index (χ4v) is 3.30. The zero-order chi connectivity index (χ0) is 14.2. The van der Waals surface area contributed by atoms with Crippen LogP contribution in [-0.2, 0) is 0 Å². The summed E-state index contributed by atoms with van der Waals surface area (Å²) in [7, 11) is 0. The molecule has 1 saturated carbocycles. The van der Waals surface area contributed by atoms with Crippen molar-refractivity contribution in [3.8, 4) is 0 Å². The quantitative estimate of drug-likeness (QED) is 0.617. The molecule has 2 N–H and O–H groups in total. The Morgan fingerprint density at radius 2 is 1.79 bits per heavy atom. The average molecular weight is 269 g/mol. The molecular weight excluding hydrogens is 234 g/mol. The third kappa shape index (κ3) is 6.27. The van der Waals surface area contributed by atoms with Crippen molar-refractivity contribution in [1.29, 1.82) is 0 Å². The minimum Gasteiger partial charge on any atom is -0.396 e. The molecule has 1 aliphatic carbocycles. The van der Waals surface area contributed by atoms with Crippen molar-refractivity contribution < 1.29 is 5.11 Å². The fourth-order valence-electron chi connectivity index (χ4n) is 3.30. The Morgan fingerprint density at radius 1 is 1.11 bits per heavy atom. The van der Waals surface area contributed by atoms with Crippen molar-refractivity contribution in [1.82, 2.24) is 5.32 Å². The molecule has 0 saturated heterocycles.